The van der Waals surface area contributed by atoms with E-state index in [1.165, 1.54) is 10.9 Å². The van der Waals surface area contributed by atoms with Gasteiger partial charge in [0.05, 0.1) is 13.2 Å². The van der Waals surface area contributed by atoms with E-state index in [0.717, 1.165) is 0 Å². The van der Waals surface area contributed by atoms with Crippen LogP contribution in [-0.4, -0.2) is 21.5 Å². The SMILES string of the molecule is N#Cc1cn(CCO)nc1N. The average molecular weight is 152 g/mol. The van der Waals surface area contributed by atoms with Gasteiger partial charge in [0.15, 0.2) is 5.82 Å². The molecule has 1 heterocycles. The van der Waals surface area contributed by atoms with E-state index >= 15 is 0 Å². The van der Waals surface area contributed by atoms with Gasteiger partial charge in [0.2, 0.25) is 0 Å². The third kappa shape index (κ3) is 1.48. The predicted molar refractivity (Wildman–Crippen MR) is 38.4 cm³/mol. The van der Waals surface area contributed by atoms with Gasteiger partial charge in [-0.3, -0.25) is 4.68 Å². The molecule has 0 aliphatic rings. The average Bonchev–Trinajstić information content (AvgIpc) is 2.32. The van der Waals surface area contributed by atoms with Crippen molar-refractivity contribution in [3.8, 4) is 6.07 Å². The van der Waals surface area contributed by atoms with Crippen molar-refractivity contribution < 1.29 is 5.11 Å². The van der Waals surface area contributed by atoms with Crippen LogP contribution in [-0.2, 0) is 6.54 Å². The third-order valence-electron chi connectivity index (χ3n) is 1.24. The summed E-state index contributed by atoms with van der Waals surface area (Å²) in [7, 11) is 0. The van der Waals surface area contributed by atoms with E-state index < -0.39 is 0 Å². The van der Waals surface area contributed by atoms with Crippen LogP contribution in [0.2, 0.25) is 0 Å². The number of nitrogens with zero attached hydrogens (tertiary/aromatic N) is 3. The molecular formula is C6H8N4O. The Labute approximate surface area is 63.7 Å². The van der Waals surface area contributed by atoms with Crippen molar-refractivity contribution in [1.82, 2.24) is 9.78 Å². The zero-order valence-corrected chi connectivity index (χ0v) is 5.86. The highest BCUT2D eigenvalue weighted by Gasteiger charge is 2.02. The predicted octanol–water partition coefficient (Wildman–Crippen LogP) is -0.671. The second-order valence-electron chi connectivity index (χ2n) is 2.03. The number of nitrogen functional groups attached to an aromatic ring is 1. The van der Waals surface area contributed by atoms with E-state index in [9.17, 15) is 0 Å². The number of aliphatic hydroxyl groups excluding tert-OH is 1. The number of nitriles is 1. The minimum atomic E-state index is -0.00795. The highest BCUT2D eigenvalue weighted by atomic mass is 16.3. The van der Waals surface area contributed by atoms with Gasteiger partial charge in [0, 0.05) is 6.20 Å². The molecule has 0 aromatic carbocycles. The van der Waals surface area contributed by atoms with E-state index in [2.05, 4.69) is 5.10 Å². The quantitative estimate of drug-likeness (QED) is 0.588. The van der Waals surface area contributed by atoms with Gasteiger partial charge in [0.25, 0.3) is 0 Å². The normalized spacial score (nSPS) is 9.45. The van der Waals surface area contributed by atoms with Gasteiger partial charge >= 0.3 is 0 Å². The molecule has 0 aliphatic heterocycles. The maximum absolute atomic E-state index is 8.51. The zero-order chi connectivity index (χ0) is 8.27. The van der Waals surface area contributed by atoms with Crippen LogP contribution in [0, 0.1) is 11.3 Å². The van der Waals surface area contributed by atoms with Crippen LogP contribution in [0.1, 0.15) is 5.56 Å². The van der Waals surface area contributed by atoms with Gasteiger partial charge in [-0.15, -0.1) is 0 Å². The van der Waals surface area contributed by atoms with Crippen LogP contribution in [0.15, 0.2) is 6.20 Å². The van der Waals surface area contributed by atoms with E-state index in [1.807, 2.05) is 6.07 Å². The van der Waals surface area contributed by atoms with Gasteiger partial charge in [-0.25, -0.2) is 0 Å². The zero-order valence-electron chi connectivity index (χ0n) is 5.86. The summed E-state index contributed by atoms with van der Waals surface area (Å²) in [6.45, 7) is 0.359. The molecule has 0 saturated heterocycles. The van der Waals surface area contributed by atoms with Crippen molar-refractivity contribution in [1.29, 1.82) is 5.26 Å². The van der Waals surface area contributed by atoms with E-state index in [4.69, 9.17) is 16.1 Å². The molecule has 0 atom stereocenters. The minimum absolute atomic E-state index is 0.00795. The first kappa shape index (κ1) is 7.57. The lowest BCUT2D eigenvalue weighted by Gasteiger charge is -1.92. The Balaban J connectivity index is 2.89. The summed E-state index contributed by atoms with van der Waals surface area (Å²) in [4.78, 5) is 0. The van der Waals surface area contributed by atoms with Gasteiger partial charge in [-0.2, -0.15) is 10.4 Å². The molecule has 0 saturated carbocycles. The van der Waals surface area contributed by atoms with Crippen molar-refractivity contribution in [3.63, 3.8) is 0 Å². The maximum Gasteiger partial charge on any atom is 0.163 e. The van der Waals surface area contributed by atoms with Gasteiger partial charge in [0.1, 0.15) is 11.6 Å². The summed E-state index contributed by atoms with van der Waals surface area (Å²) >= 11 is 0. The Morgan fingerprint density at radius 3 is 3.00 bits per heavy atom. The largest absolute Gasteiger partial charge is 0.394 e. The van der Waals surface area contributed by atoms with E-state index in [0.29, 0.717) is 12.1 Å². The van der Waals surface area contributed by atoms with Crippen LogP contribution in [0.25, 0.3) is 0 Å². The highest BCUT2D eigenvalue weighted by Crippen LogP contribution is 2.05. The summed E-state index contributed by atoms with van der Waals surface area (Å²) in [5.41, 5.74) is 5.69. The van der Waals surface area contributed by atoms with Gasteiger partial charge in [-0.1, -0.05) is 0 Å². The Morgan fingerprint density at radius 2 is 2.55 bits per heavy atom. The highest BCUT2D eigenvalue weighted by molar-refractivity contribution is 5.46. The monoisotopic (exact) mass is 152 g/mol. The molecule has 0 spiro atoms. The first-order valence-electron chi connectivity index (χ1n) is 3.12. The minimum Gasteiger partial charge on any atom is -0.394 e. The standard InChI is InChI=1S/C6H8N4O/c7-3-5-4-10(1-2-11)9-6(5)8/h4,11H,1-2H2,(H2,8,9). The molecule has 0 radical (unpaired) electrons. The Kier molecular flexibility index (Phi) is 2.09. The molecule has 0 fully saturated rings. The summed E-state index contributed by atoms with van der Waals surface area (Å²) in [6.07, 6.45) is 1.51. The number of rotatable bonds is 2. The summed E-state index contributed by atoms with van der Waals surface area (Å²) < 4.78 is 1.44. The molecule has 1 rings (SSSR count). The molecular weight excluding hydrogens is 144 g/mol. The fraction of sp³-hybridized carbons (Fsp3) is 0.333. The molecule has 3 N–H and O–H groups in total. The molecule has 0 amide bonds. The van der Waals surface area contributed by atoms with Crippen LogP contribution >= 0.6 is 0 Å². The second kappa shape index (κ2) is 3.03. The fourth-order valence-corrected chi connectivity index (χ4v) is 0.739. The van der Waals surface area contributed by atoms with Crippen molar-refractivity contribution in [3.05, 3.63) is 11.8 Å². The van der Waals surface area contributed by atoms with Gasteiger partial charge in [-0.05, 0) is 0 Å². The van der Waals surface area contributed by atoms with E-state index in [-0.39, 0.29) is 12.4 Å². The number of hydrogen-bond donors (Lipinski definition) is 2. The first-order valence-corrected chi connectivity index (χ1v) is 3.12. The lowest BCUT2D eigenvalue weighted by atomic mass is 10.4. The molecule has 0 bridgehead atoms. The van der Waals surface area contributed by atoms with Gasteiger partial charge < -0.3 is 10.8 Å². The van der Waals surface area contributed by atoms with Crippen molar-refractivity contribution in [2.24, 2.45) is 0 Å². The lowest BCUT2D eigenvalue weighted by Crippen LogP contribution is -2.02. The molecule has 5 nitrogen and oxygen atoms in total. The molecule has 11 heavy (non-hydrogen) atoms. The second-order valence-corrected chi connectivity index (χ2v) is 2.03. The summed E-state index contributed by atoms with van der Waals surface area (Å²) in [5, 5.41) is 20.7. The topological polar surface area (TPSA) is 87.9 Å². The smallest absolute Gasteiger partial charge is 0.163 e. The Bertz CT molecular complexity index is 285. The van der Waals surface area contributed by atoms with Crippen LogP contribution in [0.4, 0.5) is 5.82 Å². The molecule has 0 aliphatic carbocycles. The Hall–Kier alpha value is -1.54. The van der Waals surface area contributed by atoms with Crippen LogP contribution in [0.5, 0.6) is 0 Å². The van der Waals surface area contributed by atoms with Crippen molar-refractivity contribution in [2.45, 2.75) is 6.54 Å². The van der Waals surface area contributed by atoms with Crippen molar-refractivity contribution >= 4 is 5.82 Å². The number of anilines is 1. The fourth-order valence-electron chi connectivity index (χ4n) is 0.739. The third-order valence-corrected chi connectivity index (χ3v) is 1.24. The maximum atomic E-state index is 8.51. The molecule has 58 valence electrons. The number of aliphatic hydroxyl groups is 1. The number of hydrogen-bond acceptors (Lipinski definition) is 4. The summed E-state index contributed by atoms with van der Waals surface area (Å²) in [6, 6.07) is 1.88. The Morgan fingerprint density at radius 1 is 1.82 bits per heavy atom. The molecule has 0 unspecified atom stereocenters. The number of aromatic nitrogens is 2. The van der Waals surface area contributed by atoms with Crippen LogP contribution < -0.4 is 5.73 Å². The first-order chi connectivity index (χ1) is 5.27. The lowest BCUT2D eigenvalue weighted by molar-refractivity contribution is 0.269. The molecule has 5 heteroatoms. The summed E-state index contributed by atoms with van der Waals surface area (Å²) in [5.74, 6) is 0.209. The number of nitrogens with two attached hydrogens (primary N) is 1. The van der Waals surface area contributed by atoms with E-state index in [1.54, 1.807) is 0 Å². The van der Waals surface area contributed by atoms with Crippen molar-refractivity contribution in [2.75, 3.05) is 12.3 Å². The van der Waals surface area contributed by atoms with Crippen LogP contribution in [0.3, 0.4) is 0 Å². The molecule has 1 aromatic heterocycles. The molecule has 1 aromatic rings.